The first-order chi connectivity index (χ1) is 12.6. The van der Waals surface area contributed by atoms with Crippen molar-refractivity contribution < 1.29 is 19.1 Å². The predicted molar refractivity (Wildman–Crippen MR) is 103 cm³/mol. The SMILES string of the molecule is COC(=O)c1cc(-c2ccc3c(c2)C(=O)CC2(CCNCC2)O3)ccn1.Cl. The second kappa shape index (κ2) is 7.66. The maximum Gasteiger partial charge on any atom is 0.356 e. The van der Waals surface area contributed by atoms with E-state index in [4.69, 9.17) is 9.47 Å². The van der Waals surface area contributed by atoms with Gasteiger partial charge in [-0.05, 0) is 48.5 Å². The number of methoxy groups -OCH3 is 1. The molecule has 1 aromatic carbocycles. The van der Waals surface area contributed by atoms with Crippen molar-refractivity contribution in [2.24, 2.45) is 0 Å². The fourth-order valence-corrected chi connectivity index (χ4v) is 3.66. The molecule has 142 valence electrons. The number of esters is 1. The average molecular weight is 389 g/mol. The Bertz CT molecular complexity index is 878. The van der Waals surface area contributed by atoms with Crippen molar-refractivity contribution in [2.75, 3.05) is 20.2 Å². The summed E-state index contributed by atoms with van der Waals surface area (Å²) < 4.78 is 11.0. The number of hydrogen-bond donors (Lipinski definition) is 1. The standard InChI is InChI=1S/C20H20N2O4.ClH/c1-25-19(24)16-11-14(4-7-22-16)13-2-3-18-15(10-13)17(23)12-20(26-18)5-8-21-9-6-20;/h2-4,7,10-11,21H,5-6,8-9,12H2,1H3;1H. The van der Waals surface area contributed by atoms with E-state index in [0.29, 0.717) is 17.7 Å². The van der Waals surface area contributed by atoms with Gasteiger partial charge in [0.05, 0.1) is 19.1 Å². The van der Waals surface area contributed by atoms with Gasteiger partial charge >= 0.3 is 5.97 Å². The number of benzene rings is 1. The Labute approximate surface area is 163 Å². The molecule has 2 aliphatic rings. The number of piperidine rings is 1. The number of rotatable bonds is 2. The molecule has 0 radical (unpaired) electrons. The third kappa shape index (κ3) is 3.68. The third-order valence-corrected chi connectivity index (χ3v) is 5.09. The van der Waals surface area contributed by atoms with Crippen LogP contribution >= 0.6 is 12.4 Å². The van der Waals surface area contributed by atoms with Crippen LogP contribution in [0.2, 0.25) is 0 Å². The van der Waals surface area contributed by atoms with Crippen LogP contribution in [0.15, 0.2) is 36.5 Å². The van der Waals surface area contributed by atoms with E-state index in [0.717, 1.165) is 37.1 Å². The topological polar surface area (TPSA) is 77.5 Å². The molecule has 1 spiro atoms. The number of Topliss-reactive ketones (excluding diaryl/α,β-unsaturated/α-hetero) is 1. The summed E-state index contributed by atoms with van der Waals surface area (Å²) in [6, 6.07) is 9.06. The van der Waals surface area contributed by atoms with Crippen LogP contribution in [0.3, 0.4) is 0 Å². The van der Waals surface area contributed by atoms with Gasteiger partial charge in [-0.25, -0.2) is 9.78 Å². The first-order valence-corrected chi connectivity index (χ1v) is 8.72. The number of aromatic nitrogens is 1. The van der Waals surface area contributed by atoms with Crippen molar-refractivity contribution in [2.45, 2.75) is 24.9 Å². The van der Waals surface area contributed by atoms with Gasteiger partial charge in [0, 0.05) is 19.0 Å². The monoisotopic (exact) mass is 388 g/mol. The molecule has 0 aliphatic carbocycles. The summed E-state index contributed by atoms with van der Waals surface area (Å²) in [5, 5.41) is 3.31. The average Bonchev–Trinajstić information content (AvgIpc) is 2.68. The van der Waals surface area contributed by atoms with E-state index in [1.165, 1.54) is 7.11 Å². The number of carbonyl (C=O) groups excluding carboxylic acids is 2. The van der Waals surface area contributed by atoms with E-state index < -0.39 is 5.97 Å². The lowest BCUT2D eigenvalue weighted by molar-refractivity contribution is 0.0187. The highest BCUT2D eigenvalue weighted by atomic mass is 35.5. The molecule has 2 aromatic rings. The maximum atomic E-state index is 12.8. The second-order valence-electron chi connectivity index (χ2n) is 6.77. The van der Waals surface area contributed by atoms with Crippen LogP contribution in [0.25, 0.3) is 11.1 Å². The molecule has 0 unspecified atom stereocenters. The first kappa shape index (κ1) is 19.3. The van der Waals surface area contributed by atoms with Gasteiger partial charge in [-0.3, -0.25) is 4.79 Å². The van der Waals surface area contributed by atoms with Gasteiger partial charge in [0.1, 0.15) is 17.0 Å². The highest BCUT2D eigenvalue weighted by molar-refractivity contribution is 6.01. The van der Waals surface area contributed by atoms with Crippen LogP contribution in [-0.2, 0) is 4.74 Å². The number of halogens is 1. The van der Waals surface area contributed by atoms with E-state index in [1.807, 2.05) is 18.2 Å². The van der Waals surface area contributed by atoms with Crippen molar-refractivity contribution in [3.63, 3.8) is 0 Å². The van der Waals surface area contributed by atoms with Crippen molar-refractivity contribution in [3.05, 3.63) is 47.8 Å². The number of fused-ring (bicyclic) bond motifs is 1. The van der Waals surface area contributed by atoms with Crippen LogP contribution in [-0.4, -0.2) is 42.5 Å². The van der Waals surface area contributed by atoms with E-state index in [1.54, 1.807) is 18.3 Å². The highest BCUT2D eigenvalue weighted by Crippen LogP contribution is 2.39. The van der Waals surface area contributed by atoms with Crippen LogP contribution < -0.4 is 10.1 Å². The van der Waals surface area contributed by atoms with Crippen LogP contribution in [0.1, 0.15) is 40.1 Å². The molecular weight excluding hydrogens is 368 g/mol. The molecule has 3 heterocycles. The maximum absolute atomic E-state index is 12.8. The lowest BCUT2D eigenvalue weighted by atomic mass is 9.82. The zero-order valence-corrected chi connectivity index (χ0v) is 15.8. The summed E-state index contributed by atoms with van der Waals surface area (Å²) in [6.45, 7) is 1.74. The highest BCUT2D eigenvalue weighted by Gasteiger charge is 2.41. The van der Waals surface area contributed by atoms with E-state index >= 15 is 0 Å². The van der Waals surface area contributed by atoms with Crippen LogP contribution in [0.5, 0.6) is 5.75 Å². The molecule has 27 heavy (non-hydrogen) atoms. The number of carbonyl (C=O) groups is 2. The second-order valence-corrected chi connectivity index (χ2v) is 6.77. The fraction of sp³-hybridized carbons (Fsp3) is 0.350. The Morgan fingerprint density at radius 1 is 1.19 bits per heavy atom. The third-order valence-electron chi connectivity index (χ3n) is 5.09. The molecule has 1 fully saturated rings. The smallest absolute Gasteiger partial charge is 0.356 e. The lowest BCUT2D eigenvalue weighted by Gasteiger charge is -2.41. The molecule has 4 rings (SSSR count). The van der Waals surface area contributed by atoms with Gasteiger partial charge in [0.2, 0.25) is 0 Å². The van der Waals surface area contributed by atoms with Crippen molar-refractivity contribution in [3.8, 4) is 16.9 Å². The number of hydrogen-bond acceptors (Lipinski definition) is 6. The van der Waals surface area contributed by atoms with E-state index in [9.17, 15) is 9.59 Å². The van der Waals surface area contributed by atoms with Crippen molar-refractivity contribution in [1.82, 2.24) is 10.3 Å². The largest absolute Gasteiger partial charge is 0.486 e. The van der Waals surface area contributed by atoms with Crippen LogP contribution in [0.4, 0.5) is 0 Å². The van der Waals surface area contributed by atoms with Gasteiger partial charge in [-0.2, -0.15) is 0 Å². The lowest BCUT2D eigenvalue weighted by Crippen LogP contribution is -2.49. The molecule has 6 nitrogen and oxygen atoms in total. The first-order valence-electron chi connectivity index (χ1n) is 8.72. The molecule has 2 aliphatic heterocycles. The Morgan fingerprint density at radius 3 is 2.67 bits per heavy atom. The number of nitrogens with one attached hydrogen (secondary N) is 1. The summed E-state index contributed by atoms with van der Waals surface area (Å²) in [4.78, 5) is 28.5. The molecule has 0 atom stereocenters. The Kier molecular flexibility index (Phi) is 5.48. The van der Waals surface area contributed by atoms with E-state index in [2.05, 4.69) is 10.3 Å². The fourth-order valence-electron chi connectivity index (χ4n) is 3.66. The number of pyridine rings is 1. The summed E-state index contributed by atoms with van der Waals surface area (Å²) >= 11 is 0. The Hall–Kier alpha value is -2.44. The molecule has 0 saturated carbocycles. The minimum atomic E-state index is -0.489. The molecule has 0 amide bonds. The summed E-state index contributed by atoms with van der Waals surface area (Å²) in [7, 11) is 1.32. The molecule has 1 aromatic heterocycles. The van der Waals surface area contributed by atoms with Gasteiger partial charge in [0.25, 0.3) is 0 Å². The molecule has 1 saturated heterocycles. The number of nitrogens with zero attached hydrogens (tertiary/aromatic N) is 1. The summed E-state index contributed by atoms with van der Waals surface area (Å²) in [5.74, 6) is 0.267. The Balaban J connectivity index is 0.00000210. The number of ether oxygens (including phenoxy) is 2. The molecule has 0 bridgehead atoms. The van der Waals surface area contributed by atoms with Crippen LogP contribution in [0, 0.1) is 0 Å². The predicted octanol–water partition coefficient (Wildman–Crippen LogP) is 3.04. The minimum absolute atomic E-state index is 0. The van der Waals surface area contributed by atoms with Gasteiger partial charge < -0.3 is 14.8 Å². The molecule has 1 N–H and O–H groups in total. The van der Waals surface area contributed by atoms with Crippen molar-refractivity contribution in [1.29, 1.82) is 0 Å². The molecular formula is C20H21ClN2O4. The van der Waals surface area contributed by atoms with Crippen molar-refractivity contribution >= 4 is 24.2 Å². The Morgan fingerprint density at radius 2 is 1.93 bits per heavy atom. The number of ketones is 1. The zero-order chi connectivity index (χ0) is 18.1. The summed E-state index contributed by atoms with van der Waals surface area (Å²) in [6.07, 6.45) is 3.65. The van der Waals surface area contributed by atoms with Gasteiger partial charge in [-0.1, -0.05) is 6.07 Å². The normalized spacial score (nSPS) is 17.4. The quantitative estimate of drug-likeness (QED) is 0.797. The van der Waals surface area contributed by atoms with E-state index in [-0.39, 0.29) is 29.5 Å². The minimum Gasteiger partial charge on any atom is -0.486 e. The molecule has 7 heteroatoms. The van der Waals surface area contributed by atoms with Gasteiger partial charge in [0.15, 0.2) is 5.78 Å². The zero-order valence-electron chi connectivity index (χ0n) is 15.0. The van der Waals surface area contributed by atoms with Gasteiger partial charge in [-0.15, -0.1) is 12.4 Å². The summed E-state index contributed by atoms with van der Waals surface area (Å²) in [5.41, 5.74) is 2.11.